The van der Waals surface area contributed by atoms with Crippen LogP contribution in [-0.4, -0.2) is 32.1 Å². The number of hydrogen-bond donors (Lipinski definition) is 2. The number of aromatic nitrogens is 3. The molecule has 1 unspecified atom stereocenters. The fraction of sp³-hybridized carbons (Fsp3) is 0.333. The molecule has 5 rings (SSSR count). The molecule has 0 amide bonds. The highest BCUT2D eigenvalue weighted by molar-refractivity contribution is 5.90. The smallest absolute Gasteiger partial charge is 0.303 e. The second-order valence-corrected chi connectivity index (χ2v) is 10.2. The van der Waals surface area contributed by atoms with Crippen LogP contribution in [0.15, 0.2) is 67.0 Å². The minimum atomic E-state index is -0.696. The van der Waals surface area contributed by atoms with Gasteiger partial charge >= 0.3 is 5.97 Å². The van der Waals surface area contributed by atoms with E-state index in [1.165, 1.54) is 11.1 Å². The van der Waals surface area contributed by atoms with Crippen LogP contribution in [0.25, 0.3) is 22.3 Å². The predicted molar refractivity (Wildman–Crippen MR) is 155 cm³/mol. The molecular weight excluding hydrogens is 484 g/mol. The first kappa shape index (κ1) is 26.4. The van der Waals surface area contributed by atoms with E-state index >= 15 is 0 Å². The maximum atomic E-state index is 10.6. The molecule has 1 atom stereocenters. The van der Waals surface area contributed by atoms with Crippen LogP contribution in [0.1, 0.15) is 68.1 Å². The van der Waals surface area contributed by atoms with Crippen molar-refractivity contribution >= 4 is 22.7 Å². The van der Waals surface area contributed by atoms with Crippen molar-refractivity contribution < 1.29 is 9.90 Å². The number of benzene rings is 2. The van der Waals surface area contributed by atoms with Crippen molar-refractivity contribution in [1.29, 1.82) is 0 Å². The summed E-state index contributed by atoms with van der Waals surface area (Å²) in [6.45, 7) is 0. The largest absolute Gasteiger partial charge is 0.481 e. The lowest BCUT2D eigenvalue weighted by Gasteiger charge is -2.15. The van der Waals surface area contributed by atoms with E-state index in [9.17, 15) is 4.79 Å². The first-order valence-corrected chi connectivity index (χ1v) is 13.9. The van der Waals surface area contributed by atoms with Gasteiger partial charge in [-0.3, -0.25) is 9.78 Å². The Bertz CT molecular complexity index is 1490. The molecule has 6 nitrogen and oxygen atoms in total. The molecule has 2 aromatic heterocycles. The van der Waals surface area contributed by atoms with Crippen LogP contribution < -0.4 is 5.32 Å². The number of para-hydroxylation sites is 1. The molecule has 2 heterocycles. The average Bonchev–Trinajstić information content (AvgIpc) is 3.36. The molecule has 0 bridgehead atoms. The van der Waals surface area contributed by atoms with Crippen LogP contribution >= 0.6 is 0 Å². The van der Waals surface area contributed by atoms with Crippen LogP contribution in [0.4, 0.5) is 5.82 Å². The van der Waals surface area contributed by atoms with Gasteiger partial charge in [-0.05, 0) is 73.2 Å². The Morgan fingerprint density at radius 1 is 0.923 bits per heavy atom. The maximum absolute atomic E-state index is 10.6. The van der Waals surface area contributed by atoms with Crippen molar-refractivity contribution in [3.8, 4) is 23.2 Å². The van der Waals surface area contributed by atoms with E-state index in [0.29, 0.717) is 5.82 Å². The zero-order valence-electron chi connectivity index (χ0n) is 22.2. The minimum Gasteiger partial charge on any atom is -0.481 e. The first-order valence-electron chi connectivity index (χ1n) is 13.9. The Balaban J connectivity index is 1.17. The lowest BCUT2D eigenvalue weighted by Crippen LogP contribution is -2.20. The number of nitrogens with zero attached hydrogens (tertiary/aromatic N) is 3. The van der Waals surface area contributed by atoms with Crippen molar-refractivity contribution in [3.63, 3.8) is 0 Å². The molecule has 0 aliphatic heterocycles. The second kappa shape index (κ2) is 13.0. The van der Waals surface area contributed by atoms with Crippen molar-refractivity contribution in [2.75, 3.05) is 5.32 Å². The van der Waals surface area contributed by atoms with Gasteiger partial charge in [-0.2, -0.15) is 0 Å². The van der Waals surface area contributed by atoms with Crippen LogP contribution in [-0.2, 0) is 17.6 Å². The standard InChI is InChI=1S/C33H34N4O2/c38-31(39)16-8-6-4-2-1-3-5-7-12-24-17-18-25-21-28(22-27(25)20-24)35-33-29-14-9-10-15-30(29)36-32(37-33)26-13-11-19-34-23-26/h9-11,13-15,17-20,23,28H,1-6,8,16,21-22H2,(H,38,39)(H,35,36,37). The topological polar surface area (TPSA) is 88.0 Å². The van der Waals surface area contributed by atoms with Gasteiger partial charge in [-0.1, -0.05) is 55.7 Å². The number of carboxylic acids is 1. The Morgan fingerprint density at radius 2 is 1.74 bits per heavy atom. The summed E-state index contributed by atoms with van der Waals surface area (Å²) < 4.78 is 0. The molecule has 0 saturated carbocycles. The van der Waals surface area contributed by atoms with E-state index in [0.717, 1.165) is 85.6 Å². The summed E-state index contributed by atoms with van der Waals surface area (Å²) in [6, 6.07) is 18.9. The number of hydrogen-bond acceptors (Lipinski definition) is 5. The highest BCUT2D eigenvalue weighted by Crippen LogP contribution is 2.29. The number of aliphatic carboxylic acids is 1. The second-order valence-electron chi connectivity index (χ2n) is 10.2. The summed E-state index contributed by atoms with van der Waals surface area (Å²) in [5.74, 6) is 7.53. The van der Waals surface area contributed by atoms with E-state index < -0.39 is 5.97 Å². The van der Waals surface area contributed by atoms with E-state index in [-0.39, 0.29) is 12.5 Å². The number of carbonyl (C=O) groups is 1. The van der Waals surface area contributed by atoms with Crippen LogP contribution in [0.5, 0.6) is 0 Å². The lowest BCUT2D eigenvalue weighted by atomic mass is 10.1. The van der Waals surface area contributed by atoms with Gasteiger partial charge in [0, 0.05) is 47.8 Å². The van der Waals surface area contributed by atoms with Crippen molar-refractivity contribution in [2.45, 2.75) is 70.3 Å². The van der Waals surface area contributed by atoms with E-state index in [1.807, 2.05) is 30.3 Å². The zero-order chi connectivity index (χ0) is 26.9. The lowest BCUT2D eigenvalue weighted by molar-refractivity contribution is -0.137. The Kier molecular flexibility index (Phi) is 8.80. The summed E-state index contributed by atoms with van der Waals surface area (Å²) in [5, 5.41) is 13.4. The fourth-order valence-corrected chi connectivity index (χ4v) is 5.16. The van der Waals surface area contributed by atoms with Crippen LogP contribution in [0.3, 0.4) is 0 Å². The number of unbranched alkanes of at least 4 members (excludes halogenated alkanes) is 6. The highest BCUT2D eigenvalue weighted by Gasteiger charge is 2.23. The molecule has 198 valence electrons. The maximum Gasteiger partial charge on any atom is 0.303 e. The molecule has 0 spiro atoms. The van der Waals surface area contributed by atoms with E-state index in [4.69, 9.17) is 15.1 Å². The Morgan fingerprint density at radius 3 is 2.59 bits per heavy atom. The minimum absolute atomic E-state index is 0.263. The number of fused-ring (bicyclic) bond motifs is 2. The molecule has 1 aliphatic rings. The molecule has 0 saturated heterocycles. The third kappa shape index (κ3) is 7.20. The SMILES string of the molecule is O=C(O)CCCCCCCCC#Cc1ccc2c(c1)CC(Nc1nc(-c3cccnc3)nc3ccccc13)C2. The number of anilines is 1. The van der Waals surface area contributed by atoms with Crippen LogP contribution in [0, 0.1) is 11.8 Å². The van der Waals surface area contributed by atoms with E-state index in [1.54, 1.807) is 12.4 Å². The van der Waals surface area contributed by atoms with Gasteiger partial charge in [0.15, 0.2) is 5.82 Å². The van der Waals surface area contributed by atoms with Gasteiger partial charge in [-0.25, -0.2) is 9.97 Å². The summed E-state index contributed by atoms with van der Waals surface area (Å²) >= 11 is 0. The molecule has 6 heteroatoms. The predicted octanol–water partition coefficient (Wildman–Crippen LogP) is 6.83. The zero-order valence-corrected chi connectivity index (χ0v) is 22.2. The van der Waals surface area contributed by atoms with Gasteiger partial charge in [0.25, 0.3) is 0 Å². The first-order chi connectivity index (χ1) is 19.2. The molecule has 0 fully saturated rings. The summed E-state index contributed by atoms with van der Waals surface area (Å²) in [5.41, 5.74) is 5.62. The van der Waals surface area contributed by atoms with Gasteiger partial charge < -0.3 is 10.4 Å². The fourth-order valence-electron chi connectivity index (χ4n) is 5.16. The number of nitrogens with one attached hydrogen (secondary N) is 1. The molecular formula is C33H34N4O2. The summed E-state index contributed by atoms with van der Waals surface area (Å²) in [4.78, 5) is 24.5. The number of pyridine rings is 1. The van der Waals surface area contributed by atoms with Gasteiger partial charge in [0.2, 0.25) is 0 Å². The van der Waals surface area contributed by atoms with Crippen molar-refractivity contribution in [1.82, 2.24) is 15.0 Å². The van der Waals surface area contributed by atoms with Crippen molar-refractivity contribution in [2.24, 2.45) is 0 Å². The average molecular weight is 519 g/mol. The summed E-state index contributed by atoms with van der Waals surface area (Å²) in [6.07, 6.45) is 12.9. The number of rotatable bonds is 11. The summed E-state index contributed by atoms with van der Waals surface area (Å²) in [7, 11) is 0. The van der Waals surface area contributed by atoms with Gasteiger partial charge in [-0.15, -0.1) is 0 Å². The molecule has 0 radical (unpaired) electrons. The van der Waals surface area contributed by atoms with Crippen molar-refractivity contribution in [3.05, 3.63) is 83.7 Å². The van der Waals surface area contributed by atoms with Gasteiger partial charge in [0.1, 0.15) is 5.82 Å². The third-order valence-electron chi connectivity index (χ3n) is 7.18. The molecule has 1 aliphatic carbocycles. The van der Waals surface area contributed by atoms with E-state index in [2.05, 4.69) is 46.4 Å². The quantitative estimate of drug-likeness (QED) is 0.167. The monoisotopic (exact) mass is 518 g/mol. The molecule has 4 aromatic rings. The number of carboxylic acid groups (broad SMARTS) is 1. The third-order valence-corrected chi connectivity index (χ3v) is 7.18. The molecule has 2 N–H and O–H groups in total. The van der Waals surface area contributed by atoms with Gasteiger partial charge in [0.05, 0.1) is 5.52 Å². The molecule has 39 heavy (non-hydrogen) atoms. The normalized spacial score (nSPS) is 14.0. The molecule has 2 aromatic carbocycles. The van der Waals surface area contributed by atoms with Crippen LogP contribution in [0.2, 0.25) is 0 Å². The highest BCUT2D eigenvalue weighted by atomic mass is 16.4. The Labute approximate surface area is 229 Å². The Hall–Kier alpha value is -4.24.